The third kappa shape index (κ3) is 9.29. The number of imide groups is 1. The fraction of sp³-hybridized carbons (Fsp3) is 0.565. The molecular formula is C23H36N4O4. The first-order chi connectivity index (χ1) is 15.0. The number of nitrogens with two attached hydrogens (primary N) is 1. The van der Waals surface area contributed by atoms with Crippen molar-refractivity contribution < 1.29 is 19.2 Å². The number of carbonyl (C=O) groups is 4. The van der Waals surface area contributed by atoms with Crippen LogP contribution in [0.2, 0.25) is 0 Å². The van der Waals surface area contributed by atoms with Crippen LogP contribution >= 0.6 is 0 Å². The lowest BCUT2D eigenvalue weighted by molar-refractivity contribution is -0.135. The van der Waals surface area contributed by atoms with E-state index in [9.17, 15) is 19.2 Å². The second-order valence-electron chi connectivity index (χ2n) is 7.66. The SMILES string of the molecule is CCCC(C(=O)NC=O)N(C=O)Cc1c(C)cccc1NC(=O)CCCCCCCN. The molecule has 8 nitrogen and oxygen atoms in total. The maximum absolute atomic E-state index is 12.4. The van der Waals surface area contributed by atoms with E-state index in [1.807, 2.05) is 26.0 Å². The number of aryl methyl sites for hydroxylation is 1. The second kappa shape index (κ2) is 15.1. The van der Waals surface area contributed by atoms with E-state index in [1.165, 1.54) is 4.90 Å². The normalized spacial score (nSPS) is 11.5. The van der Waals surface area contributed by atoms with E-state index in [1.54, 1.807) is 6.07 Å². The van der Waals surface area contributed by atoms with E-state index in [2.05, 4.69) is 10.6 Å². The van der Waals surface area contributed by atoms with Crippen LogP contribution in [0.4, 0.5) is 5.69 Å². The molecule has 0 aliphatic rings. The highest BCUT2D eigenvalue weighted by molar-refractivity contribution is 5.92. The molecule has 1 aromatic carbocycles. The predicted octanol–water partition coefficient (Wildman–Crippen LogP) is 2.63. The lowest BCUT2D eigenvalue weighted by atomic mass is 10.0. The Hall–Kier alpha value is -2.74. The summed E-state index contributed by atoms with van der Waals surface area (Å²) in [6.45, 7) is 4.65. The summed E-state index contributed by atoms with van der Waals surface area (Å²) in [6, 6.07) is 4.77. The van der Waals surface area contributed by atoms with Crippen LogP contribution in [0.3, 0.4) is 0 Å². The van der Waals surface area contributed by atoms with Gasteiger partial charge in [0.1, 0.15) is 6.04 Å². The van der Waals surface area contributed by atoms with E-state index >= 15 is 0 Å². The molecule has 0 spiro atoms. The van der Waals surface area contributed by atoms with Crippen molar-refractivity contribution in [2.45, 2.75) is 77.8 Å². The molecule has 31 heavy (non-hydrogen) atoms. The molecule has 0 radical (unpaired) electrons. The topological polar surface area (TPSA) is 122 Å². The summed E-state index contributed by atoms with van der Waals surface area (Å²) in [4.78, 5) is 48.6. The number of hydrogen-bond donors (Lipinski definition) is 3. The minimum atomic E-state index is -0.760. The molecule has 1 rings (SSSR count). The van der Waals surface area contributed by atoms with Crippen LogP contribution in [0.1, 0.15) is 69.4 Å². The Kier molecular flexibility index (Phi) is 12.8. The summed E-state index contributed by atoms with van der Waals surface area (Å²) < 4.78 is 0. The van der Waals surface area contributed by atoms with Crippen LogP contribution in [0, 0.1) is 6.92 Å². The van der Waals surface area contributed by atoms with Crippen molar-refractivity contribution >= 4 is 30.3 Å². The Balaban J connectivity index is 2.85. The van der Waals surface area contributed by atoms with Crippen molar-refractivity contribution in [1.29, 1.82) is 0 Å². The van der Waals surface area contributed by atoms with E-state index in [0.29, 0.717) is 44.3 Å². The van der Waals surface area contributed by atoms with Crippen molar-refractivity contribution in [3.63, 3.8) is 0 Å². The zero-order valence-corrected chi connectivity index (χ0v) is 18.7. The maximum atomic E-state index is 12.4. The van der Waals surface area contributed by atoms with Crippen LogP contribution in [-0.2, 0) is 25.7 Å². The van der Waals surface area contributed by atoms with Crippen molar-refractivity contribution in [1.82, 2.24) is 10.2 Å². The molecule has 172 valence electrons. The fourth-order valence-electron chi connectivity index (χ4n) is 3.48. The third-order valence-electron chi connectivity index (χ3n) is 5.23. The van der Waals surface area contributed by atoms with Crippen molar-refractivity contribution in [3.8, 4) is 0 Å². The van der Waals surface area contributed by atoms with E-state index in [0.717, 1.165) is 43.2 Å². The van der Waals surface area contributed by atoms with Gasteiger partial charge >= 0.3 is 0 Å². The number of rotatable bonds is 16. The number of anilines is 1. The summed E-state index contributed by atoms with van der Waals surface area (Å²) >= 11 is 0. The number of amides is 4. The Bertz CT molecular complexity index is 724. The molecule has 4 amide bonds. The molecule has 4 N–H and O–H groups in total. The van der Waals surface area contributed by atoms with E-state index in [4.69, 9.17) is 5.73 Å². The number of benzene rings is 1. The van der Waals surface area contributed by atoms with Crippen LogP contribution in [-0.4, -0.2) is 42.1 Å². The first kappa shape index (κ1) is 26.3. The summed E-state index contributed by atoms with van der Waals surface area (Å²) in [5.74, 6) is -0.593. The van der Waals surface area contributed by atoms with Gasteiger partial charge in [-0.2, -0.15) is 0 Å². The highest BCUT2D eigenvalue weighted by atomic mass is 16.2. The number of nitrogens with one attached hydrogen (secondary N) is 2. The van der Waals surface area contributed by atoms with E-state index < -0.39 is 11.9 Å². The van der Waals surface area contributed by atoms with Crippen molar-refractivity contribution in [3.05, 3.63) is 29.3 Å². The lowest BCUT2D eigenvalue weighted by Crippen LogP contribution is -2.45. The molecule has 0 saturated heterocycles. The monoisotopic (exact) mass is 432 g/mol. The molecule has 1 aromatic rings. The van der Waals surface area contributed by atoms with Crippen LogP contribution in [0.25, 0.3) is 0 Å². The molecule has 0 aliphatic carbocycles. The zero-order chi connectivity index (χ0) is 23.1. The van der Waals surface area contributed by atoms with Gasteiger partial charge in [0.25, 0.3) is 0 Å². The molecule has 0 fully saturated rings. The summed E-state index contributed by atoms with van der Waals surface area (Å²) in [7, 11) is 0. The summed E-state index contributed by atoms with van der Waals surface area (Å²) in [5, 5.41) is 5.09. The third-order valence-corrected chi connectivity index (χ3v) is 5.23. The predicted molar refractivity (Wildman–Crippen MR) is 121 cm³/mol. The van der Waals surface area contributed by atoms with Crippen molar-refractivity contribution in [2.75, 3.05) is 11.9 Å². The first-order valence-electron chi connectivity index (χ1n) is 11.0. The van der Waals surface area contributed by atoms with Crippen molar-refractivity contribution in [2.24, 2.45) is 5.73 Å². The number of hydrogen-bond acceptors (Lipinski definition) is 5. The largest absolute Gasteiger partial charge is 0.330 e. The molecule has 0 saturated carbocycles. The van der Waals surface area contributed by atoms with Gasteiger partial charge in [-0.05, 0) is 49.9 Å². The minimum Gasteiger partial charge on any atom is -0.330 e. The minimum absolute atomic E-state index is 0.0767. The molecule has 0 aromatic heterocycles. The van der Waals surface area contributed by atoms with Gasteiger partial charge in [0.05, 0.1) is 0 Å². The lowest BCUT2D eigenvalue weighted by Gasteiger charge is -2.28. The van der Waals surface area contributed by atoms with E-state index in [-0.39, 0.29) is 12.5 Å². The molecule has 1 atom stereocenters. The summed E-state index contributed by atoms with van der Waals surface area (Å²) in [6.07, 6.45) is 7.41. The highest BCUT2D eigenvalue weighted by Crippen LogP contribution is 2.23. The van der Waals surface area contributed by atoms with Crippen LogP contribution < -0.4 is 16.4 Å². The molecule has 0 bridgehead atoms. The van der Waals surface area contributed by atoms with Crippen LogP contribution in [0.5, 0.6) is 0 Å². The average molecular weight is 433 g/mol. The van der Waals surface area contributed by atoms with Gasteiger partial charge in [0.2, 0.25) is 24.6 Å². The van der Waals surface area contributed by atoms with Gasteiger partial charge in [0.15, 0.2) is 0 Å². The summed E-state index contributed by atoms with van der Waals surface area (Å²) in [5.41, 5.74) is 7.79. The first-order valence-corrected chi connectivity index (χ1v) is 11.0. The molecule has 8 heteroatoms. The van der Waals surface area contributed by atoms with Gasteiger partial charge in [0, 0.05) is 18.7 Å². The highest BCUT2D eigenvalue weighted by Gasteiger charge is 2.25. The average Bonchev–Trinajstić information content (AvgIpc) is 2.75. The molecule has 1 unspecified atom stereocenters. The Labute approximate surface area is 184 Å². The second-order valence-corrected chi connectivity index (χ2v) is 7.66. The Morgan fingerprint density at radius 2 is 1.84 bits per heavy atom. The fourth-order valence-corrected chi connectivity index (χ4v) is 3.48. The number of nitrogens with zero attached hydrogens (tertiary/aromatic N) is 1. The van der Waals surface area contributed by atoms with Gasteiger partial charge in [-0.3, -0.25) is 24.5 Å². The van der Waals surface area contributed by atoms with Crippen LogP contribution in [0.15, 0.2) is 18.2 Å². The standard InChI is InChI=1S/C23H36N4O4/c1-3-10-21(23(31)25-16-28)27(17-29)15-19-18(2)11-9-12-20(19)26-22(30)13-7-5-4-6-8-14-24/h9,11-12,16-17,21H,3-8,10,13-15,24H2,1-2H3,(H,26,30)(H,25,28,31). The van der Waals surface area contributed by atoms with Gasteiger partial charge < -0.3 is 16.0 Å². The number of carbonyl (C=O) groups excluding carboxylic acids is 4. The Morgan fingerprint density at radius 1 is 1.13 bits per heavy atom. The smallest absolute Gasteiger partial charge is 0.249 e. The van der Waals surface area contributed by atoms with Gasteiger partial charge in [-0.15, -0.1) is 0 Å². The van der Waals surface area contributed by atoms with Gasteiger partial charge in [-0.1, -0.05) is 44.7 Å². The maximum Gasteiger partial charge on any atom is 0.249 e. The molecular weight excluding hydrogens is 396 g/mol. The Morgan fingerprint density at radius 3 is 2.48 bits per heavy atom. The van der Waals surface area contributed by atoms with Gasteiger partial charge in [-0.25, -0.2) is 0 Å². The number of unbranched alkanes of at least 4 members (excludes halogenated alkanes) is 4. The molecule has 0 heterocycles. The zero-order valence-electron chi connectivity index (χ0n) is 18.7. The quantitative estimate of drug-likeness (QED) is 0.274. The molecule has 0 aliphatic heterocycles.